The summed E-state index contributed by atoms with van der Waals surface area (Å²) in [4.78, 5) is 0. The van der Waals surface area contributed by atoms with E-state index in [1.165, 1.54) is 0 Å². The largest absolute Gasteiger partial charge is 0.486 e. The predicted molar refractivity (Wildman–Crippen MR) is 79.1 cm³/mol. The van der Waals surface area contributed by atoms with Crippen molar-refractivity contribution in [1.82, 2.24) is 9.78 Å². The van der Waals surface area contributed by atoms with E-state index in [0.29, 0.717) is 6.61 Å². The number of alkyl halides is 1. The number of para-hydroxylation sites is 1. The van der Waals surface area contributed by atoms with Crippen LogP contribution in [0.5, 0.6) is 5.75 Å². The van der Waals surface area contributed by atoms with Crippen molar-refractivity contribution in [3.05, 3.63) is 45.7 Å². The Labute approximate surface area is 123 Å². The van der Waals surface area contributed by atoms with Crippen molar-refractivity contribution in [1.29, 1.82) is 0 Å². The first kappa shape index (κ1) is 13.6. The Morgan fingerprint density at radius 3 is 2.78 bits per heavy atom. The van der Waals surface area contributed by atoms with E-state index in [9.17, 15) is 0 Å². The highest BCUT2D eigenvalue weighted by molar-refractivity contribution is 9.10. The molecule has 2 aromatic rings. The van der Waals surface area contributed by atoms with Gasteiger partial charge in [0.2, 0.25) is 0 Å². The summed E-state index contributed by atoms with van der Waals surface area (Å²) < 4.78 is 8.72. The first-order valence-corrected chi connectivity index (χ1v) is 7.49. The van der Waals surface area contributed by atoms with Gasteiger partial charge in [0.25, 0.3) is 0 Å². The first-order chi connectivity index (χ1) is 8.61. The summed E-state index contributed by atoms with van der Waals surface area (Å²) in [6.07, 6.45) is 0. The van der Waals surface area contributed by atoms with Gasteiger partial charge in [-0.2, -0.15) is 5.10 Å². The molecule has 18 heavy (non-hydrogen) atoms. The zero-order valence-electron chi connectivity index (χ0n) is 10.3. The number of halogens is 2. The Morgan fingerprint density at radius 1 is 1.39 bits per heavy atom. The molecular weight excluding hydrogens is 360 g/mol. The number of hydrogen-bond donors (Lipinski definition) is 0. The van der Waals surface area contributed by atoms with Crippen LogP contribution in [0.25, 0.3) is 0 Å². The fourth-order valence-electron chi connectivity index (χ4n) is 1.77. The fraction of sp³-hybridized carbons (Fsp3) is 0.308. The molecule has 0 fully saturated rings. The predicted octanol–water partition coefficient (Wildman–Crippen LogP) is 3.96. The van der Waals surface area contributed by atoms with E-state index in [1.807, 2.05) is 42.9 Å². The molecule has 0 saturated heterocycles. The maximum absolute atomic E-state index is 5.90. The Kier molecular flexibility index (Phi) is 4.45. The molecule has 0 aliphatic carbocycles. The molecule has 1 aromatic carbocycles. The molecule has 0 bridgehead atoms. The minimum atomic E-state index is 0.514. The van der Waals surface area contributed by atoms with Crippen LogP contribution in [0, 0.1) is 6.92 Å². The van der Waals surface area contributed by atoms with Crippen LogP contribution in [0.15, 0.2) is 28.7 Å². The SMILES string of the molecule is Cc1cc(COc2c(Br)cccc2CBr)n(C)n1. The van der Waals surface area contributed by atoms with Crippen molar-refractivity contribution in [3.8, 4) is 5.75 Å². The normalized spacial score (nSPS) is 10.7. The summed E-state index contributed by atoms with van der Waals surface area (Å²) in [6.45, 7) is 2.49. The highest BCUT2D eigenvalue weighted by Crippen LogP contribution is 2.31. The molecule has 0 atom stereocenters. The second-order valence-corrected chi connectivity index (χ2v) is 5.47. The number of hydrogen-bond acceptors (Lipinski definition) is 2. The lowest BCUT2D eigenvalue weighted by molar-refractivity contribution is 0.291. The number of ether oxygens (including phenoxy) is 1. The van der Waals surface area contributed by atoms with Gasteiger partial charge >= 0.3 is 0 Å². The van der Waals surface area contributed by atoms with E-state index in [2.05, 4.69) is 37.0 Å². The van der Waals surface area contributed by atoms with Crippen LogP contribution in [0.2, 0.25) is 0 Å². The Hall–Kier alpha value is -0.810. The molecule has 1 heterocycles. The van der Waals surface area contributed by atoms with Gasteiger partial charge in [-0.1, -0.05) is 28.1 Å². The zero-order valence-corrected chi connectivity index (χ0v) is 13.5. The van der Waals surface area contributed by atoms with Crippen molar-refractivity contribution >= 4 is 31.9 Å². The second-order valence-electron chi connectivity index (χ2n) is 4.05. The summed E-state index contributed by atoms with van der Waals surface area (Å²) in [5.41, 5.74) is 3.19. The van der Waals surface area contributed by atoms with Crippen molar-refractivity contribution in [3.63, 3.8) is 0 Å². The quantitative estimate of drug-likeness (QED) is 0.758. The monoisotopic (exact) mass is 372 g/mol. The molecule has 5 heteroatoms. The lowest BCUT2D eigenvalue weighted by Gasteiger charge is -2.11. The van der Waals surface area contributed by atoms with Crippen molar-refractivity contribution < 1.29 is 4.74 Å². The van der Waals surface area contributed by atoms with E-state index >= 15 is 0 Å². The lowest BCUT2D eigenvalue weighted by atomic mass is 10.2. The van der Waals surface area contributed by atoms with Crippen LogP contribution < -0.4 is 4.74 Å². The van der Waals surface area contributed by atoms with Gasteiger partial charge in [-0.3, -0.25) is 4.68 Å². The molecule has 96 valence electrons. The zero-order chi connectivity index (χ0) is 13.1. The Balaban J connectivity index is 2.17. The smallest absolute Gasteiger partial charge is 0.138 e. The molecule has 0 unspecified atom stereocenters. The molecule has 0 N–H and O–H groups in total. The maximum atomic E-state index is 5.90. The van der Waals surface area contributed by atoms with Gasteiger partial charge in [-0.05, 0) is 35.0 Å². The van der Waals surface area contributed by atoms with Crippen LogP contribution in [0.3, 0.4) is 0 Å². The summed E-state index contributed by atoms with van der Waals surface area (Å²) in [6, 6.07) is 8.06. The third-order valence-corrected chi connectivity index (χ3v) is 3.88. The maximum Gasteiger partial charge on any atom is 0.138 e. The van der Waals surface area contributed by atoms with Gasteiger partial charge in [0.15, 0.2) is 0 Å². The number of aryl methyl sites for hydroxylation is 2. The standard InChI is InChI=1S/C13H14Br2N2O/c1-9-6-11(17(2)16-9)8-18-13-10(7-14)4-3-5-12(13)15/h3-6H,7-8H2,1-2H3. The third kappa shape index (κ3) is 2.95. The number of benzene rings is 1. The summed E-state index contributed by atoms with van der Waals surface area (Å²) in [5, 5.41) is 5.07. The van der Waals surface area contributed by atoms with Gasteiger partial charge < -0.3 is 4.74 Å². The topological polar surface area (TPSA) is 27.1 Å². The van der Waals surface area contributed by atoms with Gasteiger partial charge in [-0.15, -0.1) is 0 Å². The molecule has 0 aliphatic rings. The molecule has 3 nitrogen and oxygen atoms in total. The van der Waals surface area contributed by atoms with Gasteiger partial charge in [-0.25, -0.2) is 0 Å². The highest BCUT2D eigenvalue weighted by Gasteiger charge is 2.09. The lowest BCUT2D eigenvalue weighted by Crippen LogP contribution is -2.04. The minimum Gasteiger partial charge on any atom is -0.486 e. The van der Waals surface area contributed by atoms with E-state index in [-0.39, 0.29) is 0 Å². The van der Waals surface area contributed by atoms with Crippen LogP contribution in [0.1, 0.15) is 17.0 Å². The van der Waals surface area contributed by atoms with Crippen molar-refractivity contribution in [2.45, 2.75) is 18.9 Å². The Morgan fingerprint density at radius 2 is 2.17 bits per heavy atom. The van der Waals surface area contributed by atoms with Crippen LogP contribution in [0.4, 0.5) is 0 Å². The van der Waals surface area contributed by atoms with Gasteiger partial charge in [0.1, 0.15) is 12.4 Å². The molecule has 1 aromatic heterocycles. The molecule has 2 rings (SSSR count). The Bertz CT molecular complexity index is 552. The molecule has 0 amide bonds. The van der Waals surface area contributed by atoms with Crippen molar-refractivity contribution in [2.75, 3.05) is 0 Å². The average molecular weight is 374 g/mol. The molecular formula is C13H14Br2N2O. The molecule has 0 aliphatic heterocycles. The minimum absolute atomic E-state index is 0.514. The summed E-state index contributed by atoms with van der Waals surface area (Å²) >= 11 is 6.99. The summed E-state index contributed by atoms with van der Waals surface area (Å²) in [7, 11) is 1.93. The van der Waals surface area contributed by atoms with Crippen LogP contribution >= 0.6 is 31.9 Å². The number of rotatable bonds is 4. The van der Waals surface area contributed by atoms with Gasteiger partial charge in [0, 0.05) is 17.9 Å². The third-order valence-electron chi connectivity index (χ3n) is 2.66. The van der Waals surface area contributed by atoms with Gasteiger partial charge in [0.05, 0.1) is 15.9 Å². The van der Waals surface area contributed by atoms with Crippen LogP contribution in [-0.4, -0.2) is 9.78 Å². The summed E-state index contributed by atoms with van der Waals surface area (Å²) in [5.74, 6) is 0.883. The second kappa shape index (κ2) is 5.89. The first-order valence-electron chi connectivity index (χ1n) is 5.57. The molecule has 0 spiro atoms. The van der Waals surface area contributed by atoms with E-state index < -0.39 is 0 Å². The number of nitrogens with zero attached hydrogens (tertiary/aromatic N) is 2. The van der Waals surface area contributed by atoms with E-state index in [4.69, 9.17) is 4.74 Å². The van der Waals surface area contributed by atoms with Crippen LogP contribution in [-0.2, 0) is 19.0 Å². The fourth-order valence-corrected chi connectivity index (χ4v) is 2.73. The van der Waals surface area contributed by atoms with Crippen molar-refractivity contribution in [2.24, 2.45) is 7.05 Å². The average Bonchev–Trinajstić information content (AvgIpc) is 2.66. The van der Waals surface area contributed by atoms with E-state index in [1.54, 1.807) is 0 Å². The highest BCUT2D eigenvalue weighted by atomic mass is 79.9. The molecule has 0 radical (unpaired) electrons. The van der Waals surface area contributed by atoms with E-state index in [0.717, 1.165) is 32.5 Å². The number of aromatic nitrogens is 2. The molecule has 0 saturated carbocycles.